The summed E-state index contributed by atoms with van der Waals surface area (Å²) in [6.07, 6.45) is 0. The van der Waals surface area contributed by atoms with Crippen molar-refractivity contribution in [3.63, 3.8) is 0 Å². The molecule has 0 atom stereocenters. The van der Waals surface area contributed by atoms with E-state index in [1.165, 1.54) is 12.1 Å². The van der Waals surface area contributed by atoms with Gasteiger partial charge in [-0.1, -0.05) is 11.6 Å². The number of sulfonamides is 1. The van der Waals surface area contributed by atoms with Gasteiger partial charge in [-0.3, -0.25) is 9.69 Å². The predicted octanol–water partition coefficient (Wildman–Crippen LogP) is 0.232. The van der Waals surface area contributed by atoms with Crippen molar-refractivity contribution in [2.24, 2.45) is 0 Å². The van der Waals surface area contributed by atoms with E-state index in [1.807, 2.05) is 0 Å². The summed E-state index contributed by atoms with van der Waals surface area (Å²) in [6, 6.07) is 2.37. The minimum Gasteiger partial charge on any atom is -0.329 e. The Labute approximate surface area is 118 Å². The summed E-state index contributed by atoms with van der Waals surface area (Å²) in [6.45, 7) is -0.105. The van der Waals surface area contributed by atoms with E-state index in [4.69, 9.17) is 11.6 Å². The molecule has 1 aliphatic rings. The monoisotopic (exact) mass is 323 g/mol. The zero-order valence-electron chi connectivity index (χ0n) is 9.55. The maximum absolute atomic E-state index is 11.8. The van der Waals surface area contributed by atoms with Gasteiger partial charge in [0, 0.05) is 13.1 Å². The molecule has 7 nitrogen and oxygen atoms in total. The highest BCUT2D eigenvalue weighted by Crippen LogP contribution is 2.25. The molecule has 19 heavy (non-hydrogen) atoms. The topological polar surface area (TPSA) is 95.6 Å². The molecule has 10 heteroatoms. The molecule has 0 aliphatic carbocycles. The van der Waals surface area contributed by atoms with Crippen molar-refractivity contribution >= 4 is 44.9 Å². The van der Waals surface area contributed by atoms with E-state index in [9.17, 15) is 18.0 Å². The third-order valence-corrected chi connectivity index (χ3v) is 5.56. The highest BCUT2D eigenvalue weighted by atomic mass is 35.5. The fourth-order valence-electron chi connectivity index (χ4n) is 1.49. The van der Waals surface area contributed by atoms with E-state index in [0.717, 1.165) is 16.2 Å². The number of imide groups is 1. The number of halogens is 1. The van der Waals surface area contributed by atoms with Gasteiger partial charge in [0.2, 0.25) is 15.9 Å². The second kappa shape index (κ2) is 5.45. The normalized spacial score (nSPS) is 15.9. The van der Waals surface area contributed by atoms with Crippen LogP contribution in [0.1, 0.15) is 0 Å². The SMILES string of the molecule is O=C1CNC(=O)N1CCNS(=O)(=O)c1ccc(Cl)s1. The average Bonchev–Trinajstić information content (AvgIpc) is 2.90. The van der Waals surface area contributed by atoms with Crippen LogP contribution in [0, 0.1) is 0 Å². The molecule has 0 radical (unpaired) electrons. The molecule has 2 heterocycles. The lowest BCUT2D eigenvalue weighted by Gasteiger charge is -2.12. The van der Waals surface area contributed by atoms with Gasteiger partial charge in [-0.15, -0.1) is 11.3 Å². The first kappa shape index (κ1) is 14.3. The van der Waals surface area contributed by atoms with E-state index >= 15 is 0 Å². The number of rotatable bonds is 5. The van der Waals surface area contributed by atoms with Crippen LogP contribution >= 0.6 is 22.9 Å². The quantitative estimate of drug-likeness (QED) is 0.758. The predicted molar refractivity (Wildman–Crippen MR) is 69.6 cm³/mol. The summed E-state index contributed by atoms with van der Waals surface area (Å²) in [5.41, 5.74) is 0. The summed E-state index contributed by atoms with van der Waals surface area (Å²) in [4.78, 5) is 23.4. The molecule has 104 valence electrons. The molecule has 1 fully saturated rings. The molecule has 0 spiro atoms. The van der Waals surface area contributed by atoms with Crippen LogP contribution in [0.25, 0.3) is 0 Å². The molecule has 2 rings (SSSR count). The molecule has 1 aliphatic heterocycles. The third-order valence-electron chi connectivity index (χ3n) is 2.38. The Bertz CT molecular complexity index is 597. The van der Waals surface area contributed by atoms with Crippen molar-refractivity contribution in [1.29, 1.82) is 0 Å². The number of urea groups is 1. The van der Waals surface area contributed by atoms with Gasteiger partial charge in [0.1, 0.15) is 4.21 Å². The zero-order chi connectivity index (χ0) is 14.0. The van der Waals surface area contributed by atoms with Crippen LogP contribution in [0.3, 0.4) is 0 Å². The highest BCUT2D eigenvalue weighted by molar-refractivity contribution is 7.91. The summed E-state index contributed by atoms with van der Waals surface area (Å²) in [5, 5.41) is 2.35. The molecule has 1 saturated heterocycles. The van der Waals surface area contributed by atoms with Crippen LogP contribution < -0.4 is 10.0 Å². The summed E-state index contributed by atoms with van der Waals surface area (Å²) >= 11 is 6.60. The van der Waals surface area contributed by atoms with Crippen LogP contribution in [0.15, 0.2) is 16.3 Å². The lowest BCUT2D eigenvalue weighted by atomic mass is 10.5. The third kappa shape index (κ3) is 3.24. The molecular weight excluding hydrogens is 314 g/mol. The fourth-order valence-corrected chi connectivity index (χ4v) is 4.04. The number of carbonyl (C=O) groups is 2. The number of thiophene rings is 1. The standard InChI is InChI=1S/C9H10ClN3O4S2/c10-6-1-2-8(18-6)19(16,17)12-3-4-13-7(14)5-11-9(13)15/h1-2,12H,3-5H2,(H,11,15). The van der Waals surface area contributed by atoms with Crippen LogP contribution in [0.4, 0.5) is 4.79 Å². The van der Waals surface area contributed by atoms with Gasteiger partial charge in [-0.25, -0.2) is 17.9 Å². The minimum atomic E-state index is -3.65. The Morgan fingerprint density at radius 2 is 2.16 bits per heavy atom. The molecule has 1 aromatic rings. The maximum Gasteiger partial charge on any atom is 0.324 e. The van der Waals surface area contributed by atoms with Gasteiger partial charge >= 0.3 is 6.03 Å². The van der Waals surface area contributed by atoms with Gasteiger partial charge in [0.25, 0.3) is 0 Å². The molecular formula is C9H10ClN3O4S2. The van der Waals surface area contributed by atoms with E-state index in [1.54, 1.807) is 0 Å². The Morgan fingerprint density at radius 3 is 2.68 bits per heavy atom. The van der Waals surface area contributed by atoms with Crippen molar-refractivity contribution in [3.05, 3.63) is 16.5 Å². The second-order valence-corrected chi connectivity index (χ2v) is 7.37. The van der Waals surface area contributed by atoms with Crippen LogP contribution in [0.2, 0.25) is 4.34 Å². The minimum absolute atomic E-state index is 0.0109. The zero-order valence-corrected chi connectivity index (χ0v) is 11.9. The molecule has 0 bridgehead atoms. The molecule has 3 amide bonds. The lowest BCUT2D eigenvalue weighted by molar-refractivity contribution is -0.124. The van der Waals surface area contributed by atoms with Gasteiger partial charge < -0.3 is 5.32 Å². The number of carbonyl (C=O) groups excluding carboxylic acids is 2. The number of nitrogens with zero attached hydrogens (tertiary/aromatic N) is 1. The van der Waals surface area contributed by atoms with E-state index < -0.39 is 16.1 Å². The number of hydrogen-bond acceptors (Lipinski definition) is 5. The molecule has 1 aromatic heterocycles. The highest BCUT2D eigenvalue weighted by Gasteiger charge is 2.28. The Hall–Kier alpha value is -1.16. The van der Waals surface area contributed by atoms with Crippen molar-refractivity contribution < 1.29 is 18.0 Å². The fraction of sp³-hybridized carbons (Fsp3) is 0.333. The maximum atomic E-state index is 11.8. The molecule has 0 saturated carbocycles. The first-order valence-electron chi connectivity index (χ1n) is 5.23. The first-order chi connectivity index (χ1) is 8.90. The van der Waals surface area contributed by atoms with Gasteiger partial charge in [-0.05, 0) is 12.1 Å². The Balaban J connectivity index is 1.92. The van der Waals surface area contributed by atoms with E-state index in [-0.39, 0.29) is 29.8 Å². The number of hydrogen-bond donors (Lipinski definition) is 2. The average molecular weight is 324 g/mol. The van der Waals surface area contributed by atoms with Gasteiger partial charge in [0.15, 0.2) is 0 Å². The van der Waals surface area contributed by atoms with E-state index in [0.29, 0.717) is 4.34 Å². The Kier molecular flexibility index (Phi) is 4.09. The molecule has 0 unspecified atom stereocenters. The van der Waals surface area contributed by atoms with Crippen LogP contribution in [0.5, 0.6) is 0 Å². The Morgan fingerprint density at radius 1 is 1.42 bits per heavy atom. The molecule has 2 N–H and O–H groups in total. The summed E-state index contributed by atoms with van der Waals surface area (Å²) in [5.74, 6) is -0.372. The largest absolute Gasteiger partial charge is 0.329 e. The van der Waals surface area contributed by atoms with Crippen LogP contribution in [-0.2, 0) is 14.8 Å². The van der Waals surface area contributed by atoms with Crippen molar-refractivity contribution in [1.82, 2.24) is 14.9 Å². The van der Waals surface area contributed by atoms with Gasteiger partial charge in [0.05, 0.1) is 10.9 Å². The lowest BCUT2D eigenvalue weighted by Crippen LogP contribution is -2.38. The molecule has 0 aromatic carbocycles. The summed E-state index contributed by atoms with van der Waals surface area (Å²) < 4.78 is 26.4. The first-order valence-corrected chi connectivity index (χ1v) is 7.91. The second-order valence-electron chi connectivity index (χ2n) is 3.66. The van der Waals surface area contributed by atoms with Crippen molar-refractivity contribution in [2.45, 2.75) is 4.21 Å². The van der Waals surface area contributed by atoms with Gasteiger partial charge in [-0.2, -0.15) is 0 Å². The van der Waals surface area contributed by atoms with E-state index in [2.05, 4.69) is 10.0 Å². The summed E-state index contributed by atoms with van der Waals surface area (Å²) in [7, 11) is -3.65. The number of nitrogens with one attached hydrogen (secondary N) is 2. The van der Waals surface area contributed by atoms with Crippen molar-refractivity contribution in [3.8, 4) is 0 Å². The van der Waals surface area contributed by atoms with Crippen molar-refractivity contribution in [2.75, 3.05) is 19.6 Å². The van der Waals surface area contributed by atoms with Crippen LogP contribution in [-0.4, -0.2) is 44.9 Å². The smallest absolute Gasteiger partial charge is 0.324 e. The number of amides is 3.